The highest BCUT2D eigenvalue weighted by atomic mass is 32.2. The van der Waals surface area contributed by atoms with Crippen molar-refractivity contribution in [3.05, 3.63) is 54.1 Å². The first-order valence-electron chi connectivity index (χ1n) is 11.6. The number of nitrogens with one attached hydrogen (secondary N) is 1. The quantitative estimate of drug-likeness (QED) is 0.490. The molecular weight excluding hydrogens is 482 g/mol. The number of carbonyl (C=O) groups excluding carboxylic acids is 2. The van der Waals surface area contributed by atoms with Gasteiger partial charge in [-0.1, -0.05) is 30.3 Å². The minimum Gasteiger partial charge on any atom is -0.493 e. The summed E-state index contributed by atoms with van der Waals surface area (Å²) >= 11 is 0. The molecule has 2 aromatic rings. The van der Waals surface area contributed by atoms with Crippen molar-refractivity contribution in [2.45, 2.75) is 45.7 Å². The van der Waals surface area contributed by atoms with Gasteiger partial charge in [-0.2, -0.15) is 0 Å². The number of nitrogens with zero attached hydrogens (tertiary/aromatic N) is 2. The fourth-order valence-corrected chi connectivity index (χ4v) is 4.48. The molecule has 0 unspecified atom stereocenters. The first kappa shape index (κ1) is 29.0. The van der Waals surface area contributed by atoms with E-state index in [4.69, 9.17) is 9.47 Å². The van der Waals surface area contributed by atoms with Crippen LogP contribution in [0.1, 0.15) is 33.3 Å². The van der Waals surface area contributed by atoms with Gasteiger partial charge in [0.05, 0.1) is 26.2 Å². The molecule has 198 valence electrons. The summed E-state index contributed by atoms with van der Waals surface area (Å²) in [5.74, 6) is -0.0587. The smallest absolute Gasteiger partial charge is 0.244 e. The molecule has 0 aliphatic carbocycles. The van der Waals surface area contributed by atoms with Crippen molar-refractivity contribution in [2.75, 3.05) is 37.9 Å². The largest absolute Gasteiger partial charge is 0.493 e. The van der Waals surface area contributed by atoms with Crippen molar-refractivity contribution < 1.29 is 27.5 Å². The zero-order valence-corrected chi connectivity index (χ0v) is 22.9. The van der Waals surface area contributed by atoms with E-state index in [1.807, 2.05) is 51.1 Å². The van der Waals surface area contributed by atoms with Crippen LogP contribution in [0.5, 0.6) is 11.5 Å². The van der Waals surface area contributed by atoms with Crippen LogP contribution in [0.3, 0.4) is 0 Å². The second-order valence-electron chi connectivity index (χ2n) is 9.55. The van der Waals surface area contributed by atoms with Crippen LogP contribution in [0.25, 0.3) is 0 Å². The molecule has 0 aliphatic rings. The molecule has 2 amide bonds. The number of hydrogen-bond acceptors (Lipinski definition) is 6. The maximum atomic E-state index is 13.6. The number of methoxy groups -OCH3 is 2. The van der Waals surface area contributed by atoms with Crippen molar-refractivity contribution in [3.63, 3.8) is 0 Å². The van der Waals surface area contributed by atoms with Gasteiger partial charge < -0.3 is 19.7 Å². The van der Waals surface area contributed by atoms with Crippen molar-refractivity contribution in [1.82, 2.24) is 10.2 Å². The van der Waals surface area contributed by atoms with Gasteiger partial charge in [0.2, 0.25) is 21.8 Å². The van der Waals surface area contributed by atoms with Crippen molar-refractivity contribution >= 4 is 27.5 Å². The molecule has 1 N–H and O–H groups in total. The van der Waals surface area contributed by atoms with E-state index in [0.717, 1.165) is 16.1 Å². The summed E-state index contributed by atoms with van der Waals surface area (Å²) in [6.07, 6.45) is 1.54. The second kappa shape index (κ2) is 12.1. The van der Waals surface area contributed by atoms with Crippen LogP contribution in [0, 0.1) is 0 Å². The van der Waals surface area contributed by atoms with Gasteiger partial charge in [-0.25, -0.2) is 8.42 Å². The van der Waals surface area contributed by atoms with E-state index in [0.29, 0.717) is 17.9 Å². The molecule has 0 aromatic heterocycles. The molecule has 2 rings (SSSR count). The topological polar surface area (TPSA) is 105 Å². The molecule has 2 aromatic carbocycles. The molecule has 1 atom stereocenters. The highest BCUT2D eigenvalue weighted by molar-refractivity contribution is 7.92. The summed E-state index contributed by atoms with van der Waals surface area (Å²) in [7, 11) is -0.925. The lowest BCUT2D eigenvalue weighted by molar-refractivity contribution is -0.139. The van der Waals surface area contributed by atoms with Crippen LogP contribution < -0.4 is 19.1 Å². The Morgan fingerprint density at radius 3 is 2.14 bits per heavy atom. The Morgan fingerprint density at radius 2 is 1.61 bits per heavy atom. The fourth-order valence-electron chi connectivity index (χ4n) is 3.64. The third-order valence-electron chi connectivity index (χ3n) is 5.48. The van der Waals surface area contributed by atoms with Crippen molar-refractivity contribution in [2.24, 2.45) is 0 Å². The Balaban J connectivity index is 2.38. The number of benzene rings is 2. The van der Waals surface area contributed by atoms with Crippen LogP contribution in [0.2, 0.25) is 0 Å². The predicted molar refractivity (Wildman–Crippen MR) is 141 cm³/mol. The van der Waals surface area contributed by atoms with E-state index in [-0.39, 0.29) is 18.1 Å². The number of sulfonamides is 1. The minimum atomic E-state index is -3.84. The molecule has 0 spiro atoms. The molecule has 0 fully saturated rings. The number of hydrogen-bond donors (Lipinski definition) is 1. The van der Waals surface area contributed by atoms with E-state index in [1.165, 1.54) is 25.2 Å². The standard InChI is InChI=1S/C26H37N3O6S/c1-19(25(31)27-26(2,3)4)28(16-15-20-11-9-8-10-12-20)24(30)18-29(36(7,32)33)21-13-14-22(34-5)23(17-21)35-6/h8-14,17,19H,15-16,18H2,1-7H3,(H,27,31)/t19-/m1/s1. The van der Waals surface area contributed by atoms with Crippen LogP contribution >= 0.6 is 0 Å². The third-order valence-corrected chi connectivity index (χ3v) is 6.62. The zero-order valence-electron chi connectivity index (χ0n) is 22.1. The van der Waals surface area contributed by atoms with Gasteiger partial charge >= 0.3 is 0 Å². The molecule has 9 nitrogen and oxygen atoms in total. The Labute approximate surface area is 214 Å². The number of ether oxygens (including phenoxy) is 2. The maximum absolute atomic E-state index is 13.6. The molecular formula is C26H37N3O6S. The van der Waals surface area contributed by atoms with Crippen LogP contribution in [0.4, 0.5) is 5.69 Å². The molecule has 0 heterocycles. The van der Waals surface area contributed by atoms with E-state index in [2.05, 4.69) is 5.32 Å². The Morgan fingerprint density at radius 1 is 1.00 bits per heavy atom. The first-order chi connectivity index (χ1) is 16.8. The van der Waals surface area contributed by atoms with Gasteiger partial charge in [-0.3, -0.25) is 13.9 Å². The number of amides is 2. The maximum Gasteiger partial charge on any atom is 0.244 e. The van der Waals surface area contributed by atoms with Gasteiger partial charge in [-0.05, 0) is 51.8 Å². The Kier molecular flexibility index (Phi) is 9.75. The lowest BCUT2D eigenvalue weighted by Crippen LogP contribution is -2.55. The molecule has 0 saturated heterocycles. The Bertz CT molecular complexity index is 1150. The summed E-state index contributed by atoms with van der Waals surface area (Å²) in [5, 5.41) is 2.90. The lowest BCUT2D eigenvalue weighted by atomic mass is 10.1. The van der Waals surface area contributed by atoms with Crippen molar-refractivity contribution in [3.8, 4) is 11.5 Å². The molecule has 36 heavy (non-hydrogen) atoms. The summed E-state index contributed by atoms with van der Waals surface area (Å²) in [6, 6.07) is 13.4. The van der Waals surface area contributed by atoms with Crippen LogP contribution in [0.15, 0.2) is 48.5 Å². The van der Waals surface area contributed by atoms with Crippen LogP contribution in [-0.2, 0) is 26.0 Å². The molecule has 0 bridgehead atoms. The van der Waals surface area contributed by atoms with Gasteiger partial charge in [0.25, 0.3) is 0 Å². The summed E-state index contributed by atoms with van der Waals surface area (Å²) in [6.45, 7) is 6.98. The molecule has 0 radical (unpaired) electrons. The minimum absolute atomic E-state index is 0.241. The van der Waals surface area contributed by atoms with Gasteiger partial charge in [0.15, 0.2) is 11.5 Å². The van der Waals surface area contributed by atoms with E-state index in [1.54, 1.807) is 19.1 Å². The summed E-state index contributed by atoms with van der Waals surface area (Å²) in [5.41, 5.74) is 0.759. The molecule has 0 aliphatic heterocycles. The van der Waals surface area contributed by atoms with Crippen LogP contribution in [-0.4, -0.2) is 70.3 Å². The van der Waals surface area contributed by atoms with Crippen molar-refractivity contribution in [1.29, 1.82) is 0 Å². The Hall–Kier alpha value is -3.27. The highest BCUT2D eigenvalue weighted by Crippen LogP contribution is 2.32. The number of rotatable bonds is 11. The van der Waals surface area contributed by atoms with Gasteiger partial charge in [0.1, 0.15) is 12.6 Å². The molecule has 0 saturated carbocycles. The first-order valence-corrected chi connectivity index (χ1v) is 13.5. The number of anilines is 1. The van der Waals surface area contributed by atoms with E-state index in [9.17, 15) is 18.0 Å². The normalized spacial score (nSPS) is 12.4. The fraction of sp³-hybridized carbons (Fsp3) is 0.462. The average molecular weight is 520 g/mol. The summed E-state index contributed by atoms with van der Waals surface area (Å²) in [4.78, 5) is 27.9. The molecule has 10 heteroatoms. The van der Waals surface area contributed by atoms with E-state index < -0.39 is 34.1 Å². The third kappa shape index (κ3) is 8.15. The average Bonchev–Trinajstić information content (AvgIpc) is 2.80. The second-order valence-corrected chi connectivity index (χ2v) is 11.5. The summed E-state index contributed by atoms with van der Waals surface area (Å²) < 4.78 is 37.0. The number of carbonyl (C=O) groups is 2. The SMILES string of the molecule is COc1ccc(N(CC(=O)N(CCc2ccccc2)[C@H](C)C(=O)NC(C)(C)C)S(C)(=O)=O)cc1OC. The van der Waals surface area contributed by atoms with E-state index >= 15 is 0 Å². The van der Waals surface area contributed by atoms with Gasteiger partial charge in [0, 0.05) is 18.2 Å². The van der Waals surface area contributed by atoms with Gasteiger partial charge in [-0.15, -0.1) is 0 Å². The predicted octanol–water partition coefficient (Wildman–Crippen LogP) is 2.84. The monoisotopic (exact) mass is 519 g/mol. The zero-order chi connectivity index (χ0) is 27.1. The highest BCUT2D eigenvalue weighted by Gasteiger charge is 2.31. The lowest BCUT2D eigenvalue weighted by Gasteiger charge is -2.33.